The minimum atomic E-state index is -0.456. The molecular formula is C19H26N2O3. The summed E-state index contributed by atoms with van der Waals surface area (Å²) in [6.45, 7) is 9.46. The molecule has 1 fully saturated rings. The van der Waals surface area contributed by atoms with E-state index >= 15 is 0 Å². The third-order valence-electron chi connectivity index (χ3n) is 4.49. The van der Waals surface area contributed by atoms with Gasteiger partial charge >= 0.3 is 0 Å². The molecular weight excluding hydrogens is 304 g/mol. The lowest BCUT2D eigenvalue weighted by Gasteiger charge is -2.28. The van der Waals surface area contributed by atoms with Gasteiger partial charge in [0.25, 0.3) is 0 Å². The molecule has 0 radical (unpaired) electrons. The fourth-order valence-corrected chi connectivity index (χ4v) is 2.71. The molecule has 0 saturated carbocycles. The van der Waals surface area contributed by atoms with Crippen LogP contribution in [0.3, 0.4) is 0 Å². The highest BCUT2D eigenvalue weighted by molar-refractivity contribution is 5.63. The van der Waals surface area contributed by atoms with Gasteiger partial charge in [-0.25, -0.2) is 0 Å². The first kappa shape index (κ1) is 17.0. The van der Waals surface area contributed by atoms with Crippen molar-refractivity contribution in [3.05, 3.63) is 36.1 Å². The molecule has 130 valence electrons. The summed E-state index contributed by atoms with van der Waals surface area (Å²) in [5, 5.41) is 14.3. The molecule has 0 aliphatic carbocycles. The molecule has 1 saturated heterocycles. The second-order valence-electron chi connectivity index (χ2n) is 7.41. The van der Waals surface area contributed by atoms with E-state index in [9.17, 15) is 5.11 Å². The average molecular weight is 330 g/mol. The van der Waals surface area contributed by atoms with E-state index in [1.807, 2.05) is 26.8 Å². The van der Waals surface area contributed by atoms with Crippen LogP contribution in [0.2, 0.25) is 0 Å². The molecule has 1 atom stereocenters. The van der Waals surface area contributed by atoms with E-state index in [0.717, 1.165) is 37.6 Å². The lowest BCUT2D eigenvalue weighted by atomic mass is 9.87. The quantitative estimate of drug-likeness (QED) is 0.933. The van der Waals surface area contributed by atoms with Crippen LogP contribution in [0, 0.1) is 5.41 Å². The Balaban J connectivity index is 1.68. The van der Waals surface area contributed by atoms with Gasteiger partial charge in [-0.15, -0.1) is 0 Å². The van der Waals surface area contributed by atoms with E-state index < -0.39 is 6.10 Å². The van der Waals surface area contributed by atoms with Crippen LogP contribution < -0.4 is 4.90 Å². The predicted octanol–water partition coefficient (Wildman–Crippen LogP) is 3.13. The van der Waals surface area contributed by atoms with Crippen molar-refractivity contribution in [3.8, 4) is 11.3 Å². The Morgan fingerprint density at radius 3 is 2.46 bits per heavy atom. The highest BCUT2D eigenvalue weighted by atomic mass is 16.5. The summed E-state index contributed by atoms with van der Waals surface area (Å²) in [6.07, 6.45) is 0.0181. The number of nitrogens with zero attached hydrogens (tertiary/aromatic N) is 2. The molecule has 1 aromatic carbocycles. The largest absolute Gasteiger partial charge is 0.392 e. The van der Waals surface area contributed by atoms with Crippen molar-refractivity contribution in [3.63, 3.8) is 0 Å². The van der Waals surface area contributed by atoms with Gasteiger partial charge < -0.3 is 19.3 Å². The molecule has 1 unspecified atom stereocenters. The first-order chi connectivity index (χ1) is 11.4. The molecule has 5 heteroatoms. The number of ether oxygens (including phenoxy) is 1. The van der Waals surface area contributed by atoms with Crippen LogP contribution >= 0.6 is 0 Å². The average Bonchev–Trinajstić information content (AvgIpc) is 3.03. The summed E-state index contributed by atoms with van der Waals surface area (Å²) >= 11 is 0. The Hall–Kier alpha value is -1.85. The Morgan fingerprint density at radius 2 is 1.83 bits per heavy atom. The van der Waals surface area contributed by atoms with E-state index in [-0.39, 0.29) is 5.41 Å². The molecule has 3 rings (SSSR count). The minimum Gasteiger partial charge on any atom is -0.392 e. The number of morpholine rings is 1. The van der Waals surface area contributed by atoms with Gasteiger partial charge in [0, 0.05) is 36.8 Å². The van der Waals surface area contributed by atoms with E-state index in [1.54, 1.807) is 0 Å². The first-order valence-corrected chi connectivity index (χ1v) is 8.50. The van der Waals surface area contributed by atoms with Gasteiger partial charge in [0.15, 0.2) is 0 Å². The van der Waals surface area contributed by atoms with Crippen LogP contribution in [0.1, 0.15) is 26.5 Å². The summed E-state index contributed by atoms with van der Waals surface area (Å²) in [6, 6.07) is 10.3. The van der Waals surface area contributed by atoms with E-state index in [4.69, 9.17) is 9.26 Å². The number of rotatable bonds is 4. The normalized spacial score (nSPS) is 17.1. The smallest absolute Gasteiger partial charge is 0.139 e. The molecule has 0 amide bonds. The zero-order chi connectivity index (χ0) is 17.2. The topological polar surface area (TPSA) is 58.7 Å². The SMILES string of the molecule is CC(C)(C)C(O)Cc1cc(-c2ccc(N3CCOCC3)cc2)no1. The Morgan fingerprint density at radius 1 is 1.17 bits per heavy atom. The van der Waals surface area contributed by atoms with Crippen molar-refractivity contribution in [1.29, 1.82) is 0 Å². The number of hydrogen-bond donors (Lipinski definition) is 1. The van der Waals surface area contributed by atoms with Crippen molar-refractivity contribution >= 4 is 5.69 Å². The van der Waals surface area contributed by atoms with Crippen molar-refractivity contribution < 1.29 is 14.4 Å². The van der Waals surface area contributed by atoms with Crippen LogP contribution in [-0.4, -0.2) is 42.7 Å². The molecule has 1 aliphatic heterocycles. The van der Waals surface area contributed by atoms with Gasteiger partial charge in [0.2, 0.25) is 0 Å². The van der Waals surface area contributed by atoms with Gasteiger partial charge in [0.1, 0.15) is 11.5 Å². The van der Waals surface area contributed by atoms with Crippen LogP contribution in [0.15, 0.2) is 34.9 Å². The Labute approximate surface area is 143 Å². The van der Waals surface area contributed by atoms with Crippen LogP contribution in [0.5, 0.6) is 0 Å². The van der Waals surface area contributed by atoms with Gasteiger partial charge in [-0.05, 0) is 17.5 Å². The summed E-state index contributed by atoms with van der Waals surface area (Å²) in [5.41, 5.74) is 2.85. The van der Waals surface area contributed by atoms with Gasteiger partial charge in [0.05, 0.1) is 19.3 Å². The fourth-order valence-electron chi connectivity index (χ4n) is 2.71. The van der Waals surface area contributed by atoms with Crippen LogP contribution in [-0.2, 0) is 11.2 Å². The highest BCUT2D eigenvalue weighted by Gasteiger charge is 2.24. The Bertz CT molecular complexity index is 652. The van der Waals surface area contributed by atoms with Crippen molar-refractivity contribution in [2.45, 2.75) is 33.3 Å². The Kier molecular flexibility index (Phi) is 4.92. The zero-order valence-corrected chi connectivity index (χ0v) is 14.7. The molecule has 1 N–H and O–H groups in total. The van der Waals surface area contributed by atoms with Crippen molar-refractivity contribution in [2.75, 3.05) is 31.2 Å². The second-order valence-corrected chi connectivity index (χ2v) is 7.41. The monoisotopic (exact) mass is 330 g/mol. The first-order valence-electron chi connectivity index (χ1n) is 8.50. The van der Waals surface area contributed by atoms with Crippen molar-refractivity contribution in [1.82, 2.24) is 5.16 Å². The van der Waals surface area contributed by atoms with Crippen LogP contribution in [0.25, 0.3) is 11.3 Å². The lowest BCUT2D eigenvalue weighted by Crippen LogP contribution is -2.36. The number of aromatic nitrogens is 1. The number of aliphatic hydroxyl groups excluding tert-OH is 1. The van der Waals surface area contributed by atoms with E-state index in [2.05, 4.69) is 34.3 Å². The molecule has 2 aromatic rings. The predicted molar refractivity (Wildman–Crippen MR) is 94.1 cm³/mol. The van der Waals surface area contributed by atoms with E-state index in [1.165, 1.54) is 5.69 Å². The number of benzene rings is 1. The summed E-state index contributed by atoms with van der Waals surface area (Å²) in [4.78, 5) is 2.32. The van der Waals surface area contributed by atoms with Gasteiger partial charge in [-0.3, -0.25) is 0 Å². The summed E-state index contributed by atoms with van der Waals surface area (Å²) in [7, 11) is 0. The minimum absolute atomic E-state index is 0.174. The third-order valence-corrected chi connectivity index (χ3v) is 4.49. The number of aliphatic hydroxyl groups is 1. The second kappa shape index (κ2) is 6.95. The summed E-state index contributed by atoms with van der Waals surface area (Å²) in [5.74, 6) is 0.713. The molecule has 1 aromatic heterocycles. The third kappa shape index (κ3) is 3.97. The maximum Gasteiger partial charge on any atom is 0.139 e. The lowest BCUT2D eigenvalue weighted by molar-refractivity contribution is 0.0577. The number of anilines is 1. The zero-order valence-electron chi connectivity index (χ0n) is 14.7. The maximum absolute atomic E-state index is 10.2. The number of hydrogen-bond acceptors (Lipinski definition) is 5. The van der Waals surface area contributed by atoms with Gasteiger partial charge in [-0.2, -0.15) is 0 Å². The molecule has 0 spiro atoms. The maximum atomic E-state index is 10.2. The van der Waals surface area contributed by atoms with Crippen molar-refractivity contribution in [2.24, 2.45) is 5.41 Å². The molecule has 24 heavy (non-hydrogen) atoms. The van der Waals surface area contributed by atoms with Gasteiger partial charge in [-0.1, -0.05) is 38.1 Å². The molecule has 1 aliphatic rings. The standard InChI is InChI=1S/C19H26N2O3/c1-19(2,3)18(22)13-16-12-17(20-24-16)14-4-6-15(7-5-14)21-8-10-23-11-9-21/h4-7,12,18,22H,8-11,13H2,1-3H3. The van der Waals surface area contributed by atoms with Crippen LogP contribution in [0.4, 0.5) is 5.69 Å². The molecule has 5 nitrogen and oxygen atoms in total. The summed E-state index contributed by atoms with van der Waals surface area (Å²) < 4.78 is 10.8. The molecule has 0 bridgehead atoms. The van der Waals surface area contributed by atoms with E-state index in [0.29, 0.717) is 12.2 Å². The fraction of sp³-hybridized carbons (Fsp3) is 0.526. The molecule has 2 heterocycles. The highest BCUT2D eigenvalue weighted by Crippen LogP contribution is 2.26.